The lowest BCUT2D eigenvalue weighted by atomic mass is 9.90. The average molecular weight is 645 g/mol. The number of benzene rings is 3. The Morgan fingerprint density at radius 1 is 1.06 bits per heavy atom. The summed E-state index contributed by atoms with van der Waals surface area (Å²) in [4.78, 5) is 14.4. The Morgan fingerprint density at radius 3 is 2.54 bits per heavy atom. The summed E-state index contributed by atoms with van der Waals surface area (Å²) in [6.07, 6.45) is 10.2. The predicted molar refractivity (Wildman–Crippen MR) is 180 cm³/mol. The average Bonchev–Trinajstić information content (AvgIpc) is 3.33. The predicted octanol–water partition coefficient (Wildman–Crippen LogP) is 4.83. The Kier molecular flexibility index (Phi) is 6.98. The summed E-state index contributed by atoms with van der Waals surface area (Å²) in [6.45, 7) is 6.71. The number of nitrogens with zero attached hydrogens (tertiary/aromatic N) is 5. The van der Waals surface area contributed by atoms with Crippen molar-refractivity contribution in [2.75, 3.05) is 57.4 Å². The Balaban J connectivity index is 1.14. The third-order valence-corrected chi connectivity index (χ3v) is 11.3. The maximum absolute atomic E-state index is 17.2. The van der Waals surface area contributed by atoms with Gasteiger partial charge in [0.05, 0.1) is 31.5 Å². The van der Waals surface area contributed by atoms with E-state index in [1.54, 1.807) is 24.3 Å². The first kappa shape index (κ1) is 29.6. The number of fused-ring (bicyclic) bond motifs is 5. The van der Waals surface area contributed by atoms with Gasteiger partial charge in [0.1, 0.15) is 17.1 Å². The molecule has 1 saturated carbocycles. The molecule has 0 radical (unpaired) electrons. The van der Waals surface area contributed by atoms with Gasteiger partial charge in [-0.1, -0.05) is 18.1 Å². The molecule has 3 aromatic carbocycles. The number of rotatable bonds is 7. The summed E-state index contributed by atoms with van der Waals surface area (Å²) in [5.74, 6) is 3.80. The van der Waals surface area contributed by atoms with Crippen molar-refractivity contribution in [2.45, 2.75) is 37.8 Å². The summed E-state index contributed by atoms with van der Waals surface area (Å²) in [7, 11) is 0. The number of aromatic nitrogens is 2. The third kappa shape index (κ3) is 5.02. The van der Waals surface area contributed by atoms with Gasteiger partial charge in [0.15, 0.2) is 5.82 Å². The summed E-state index contributed by atoms with van der Waals surface area (Å²) < 4.78 is 29.3. The van der Waals surface area contributed by atoms with Crippen molar-refractivity contribution in [3.63, 3.8) is 0 Å². The number of halogens is 1. The van der Waals surface area contributed by atoms with Crippen molar-refractivity contribution in [2.24, 2.45) is 17.3 Å². The van der Waals surface area contributed by atoms with Crippen molar-refractivity contribution in [3.8, 4) is 41.3 Å². The van der Waals surface area contributed by atoms with Gasteiger partial charge in [0, 0.05) is 84.0 Å². The molecule has 0 amide bonds. The zero-order chi connectivity index (χ0) is 32.6. The molecule has 4 saturated heterocycles. The van der Waals surface area contributed by atoms with E-state index in [1.807, 2.05) is 6.07 Å². The number of hydrogen-bond donors (Lipinski definition) is 2. The summed E-state index contributed by atoms with van der Waals surface area (Å²) in [6, 6.07) is 13.1. The highest BCUT2D eigenvalue weighted by Gasteiger charge is 2.48. The largest absolute Gasteiger partial charge is 0.508 e. The van der Waals surface area contributed by atoms with Crippen molar-refractivity contribution in [3.05, 3.63) is 53.3 Å². The van der Waals surface area contributed by atoms with Crippen LogP contribution in [0.1, 0.15) is 36.8 Å². The van der Waals surface area contributed by atoms with Crippen LogP contribution in [0.25, 0.3) is 32.8 Å². The Bertz CT molecular complexity index is 2030. The lowest BCUT2D eigenvalue weighted by molar-refractivity contribution is 0.131. The number of terminal acetylenes is 1. The van der Waals surface area contributed by atoms with Gasteiger partial charge < -0.3 is 29.7 Å². The lowest BCUT2D eigenvalue weighted by Crippen LogP contribution is -2.51. The molecule has 5 heterocycles. The van der Waals surface area contributed by atoms with E-state index in [0.717, 1.165) is 71.6 Å². The maximum atomic E-state index is 17.2. The van der Waals surface area contributed by atoms with Crippen LogP contribution in [0.15, 0.2) is 36.4 Å². The quantitative estimate of drug-likeness (QED) is 0.274. The van der Waals surface area contributed by atoms with Gasteiger partial charge in [-0.05, 0) is 60.9 Å². The van der Waals surface area contributed by atoms with Crippen LogP contribution in [0.3, 0.4) is 0 Å². The van der Waals surface area contributed by atoms with E-state index in [2.05, 4.69) is 27.1 Å². The molecule has 4 aliphatic heterocycles. The second kappa shape index (κ2) is 11.3. The fraction of sp³-hybridized carbons (Fsp3) is 0.447. The van der Waals surface area contributed by atoms with Crippen LogP contribution < -0.4 is 15.0 Å². The molecule has 1 aliphatic carbocycles. The zero-order valence-electron chi connectivity index (χ0n) is 26.7. The van der Waals surface area contributed by atoms with Crippen molar-refractivity contribution in [1.82, 2.24) is 20.2 Å². The number of ether oxygens (including phenoxy) is 2. The second-order valence-electron chi connectivity index (χ2n) is 14.6. The van der Waals surface area contributed by atoms with Gasteiger partial charge in [-0.3, -0.25) is 0 Å². The van der Waals surface area contributed by atoms with Crippen LogP contribution in [0, 0.1) is 46.7 Å². The fourth-order valence-electron chi connectivity index (χ4n) is 8.68. The second-order valence-corrected chi connectivity index (χ2v) is 14.6. The van der Waals surface area contributed by atoms with Gasteiger partial charge in [-0.2, -0.15) is 15.2 Å². The highest BCUT2D eigenvalue weighted by molar-refractivity contribution is 6.05. The molecule has 10 heteroatoms. The topological polar surface area (TPSA) is 107 Å². The first-order valence-corrected chi connectivity index (χ1v) is 17.0. The number of piperazine rings is 1. The fourth-order valence-corrected chi connectivity index (χ4v) is 8.68. The summed E-state index contributed by atoms with van der Waals surface area (Å²) in [5, 5.41) is 26.5. The number of anilines is 1. The molecule has 2 N–H and O–H groups in total. The minimum absolute atomic E-state index is 0.0343. The molecule has 4 atom stereocenters. The van der Waals surface area contributed by atoms with Crippen LogP contribution in [0.5, 0.6) is 11.8 Å². The minimum atomic E-state index is -0.665. The standard InChI is InChI=1S/C38H37FN6O3/c1-2-22-4-3-5-23-10-29(46)12-30(32(22)23)33-24(13-40)11-31-35(34(33)39)42-37(43-36(31)45-16-27-6-7-28(17-45)41-27)48-21-38(8-9-38)20-44-14-25-18-47-19-26(25)15-44/h1,3-5,10-12,25-28,41,46H,6-9,14-21H2/t25-,26-,27?,28?/m0/s1. The minimum Gasteiger partial charge on any atom is -0.508 e. The molecule has 5 fully saturated rings. The molecule has 5 aliphatic rings. The van der Waals surface area contributed by atoms with E-state index in [0.29, 0.717) is 63.6 Å². The SMILES string of the molecule is C#Cc1cccc2cc(O)cc(-c3c(C#N)cc4c(N5CC6CCC(C5)N6)nc(OCC5(CN6C[C@H]7COC[C@@H]7C6)CC5)nc4c3F)c12. The molecule has 2 bridgehead atoms. The van der Waals surface area contributed by atoms with Crippen LogP contribution in [0.4, 0.5) is 10.2 Å². The summed E-state index contributed by atoms with van der Waals surface area (Å²) in [5.41, 5.74) is 1.17. The number of aromatic hydroxyl groups is 1. The van der Waals surface area contributed by atoms with E-state index in [9.17, 15) is 10.4 Å². The van der Waals surface area contributed by atoms with Crippen LogP contribution >= 0.6 is 0 Å². The number of nitriles is 1. The smallest absolute Gasteiger partial charge is 0.319 e. The van der Waals surface area contributed by atoms with E-state index in [4.69, 9.17) is 25.9 Å². The van der Waals surface area contributed by atoms with Gasteiger partial charge in [0.25, 0.3) is 0 Å². The Hall–Kier alpha value is -4.48. The normalized spacial score (nSPS) is 25.7. The number of phenols is 1. The first-order chi connectivity index (χ1) is 23.4. The molecule has 0 spiro atoms. The number of phenolic OH excluding ortho intramolecular Hbond substituents is 1. The Labute approximate surface area is 278 Å². The molecule has 48 heavy (non-hydrogen) atoms. The molecule has 9 nitrogen and oxygen atoms in total. The third-order valence-electron chi connectivity index (χ3n) is 11.3. The molecular weight excluding hydrogens is 607 g/mol. The molecule has 2 unspecified atom stereocenters. The number of likely N-dealkylation sites (tertiary alicyclic amines) is 1. The van der Waals surface area contributed by atoms with Gasteiger partial charge in [0.2, 0.25) is 0 Å². The summed E-state index contributed by atoms with van der Waals surface area (Å²) >= 11 is 0. The molecule has 1 aromatic heterocycles. The molecule has 4 aromatic rings. The van der Waals surface area contributed by atoms with Crippen LogP contribution in [0.2, 0.25) is 0 Å². The number of nitrogens with one attached hydrogen (secondary N) is 1. The van der Waals surface area contributed by atoms with Crippen molar-refractivity contribution in [1.29, 1.82) is 5.26 Å². The molecular formula is C38H37FN6O3. The Morgan fingerprint density at radius 2 is 1.83 bits per heavy atom. The number of hydrogen-bond acceptors (Lipinski definition) is 9. The monoisotopic (exact) mass is 644 g/mol. The van der Waals surface area contributed by atoms with Crippen molar-refractivity contribution < 1.29 is 19.0 Å². The van der Waals surface area contributed by atoms with E-state index >= 15 is 4.39 Å². The highest BCUT2D eigenvalue weighted by atomic mass is 19.1. The van der Waals surface area contributed by atoms with E-state index < -0.39 is 5.82 Å². The lowest BCUT2D eigenvalue weighted by Gasteiger charge is -2.34. The van der Waals surface area contributed by atoms with E-state index in [1.165, 1.54) is 6.07 Å². The van der Waals surface area contributed by atoms with Gasteiger partial charge in [-0.15, -0.1) is 6.42 Å². The highest BCUT2D eigenvalue weighted by Crippen LogP contribution is 2.48. The maximum Gasteiger partial charge on any atom is 0.319 e. The molecule has 9 rings (SSSR count). The molecule has 244 valence electrons. The van der Waals surface area contributed by atoms with Crippen LogP contribution in [-0.2, 0) is 4.74 Å². The first-order valence-electron chi connectivity index (χ1n) is 17.0. The van der Waals surface area contributed by atoms with Crippen LogP contribution in [-0.4, -0.2) is 84.6 Å². The van der Waals surface area contributed by atoms with E-state index in [-0.39, 0.29) is 33.8 Å². The van der Waals surface area contributed by atoms with Crippen molar-refractivity contribution >= 4 is 27.5 Å². The van der Waals surface area contributed by atoms with Gasteiger partial charge >= 0.3 is 6.01 Å². The zero-order valence-corrected chi connectivity index (χ0v) is 26.7. The van der Waals surface area contributed by atoms with Gasteiger partial charge in [-0.25, -0.2) is 4.39 Å².